The number of carboxylic acid groups (broad SMARTS) is 1. The molecule has 1 heterocycles. The second kappa shape index (κ2) is 5.03. The fraction of sp³-hybridized carbons (Fsp3) is 0.417. The van der Waals surface area contributed by atoms with Crippen molar-refractivity contribution in [1.29, 1.82) is 0 Å². The predicted octanol–water partition coefficient (Wildman–Crippen LogP) is 0.604. The van der Waals surface area contributed by atoms with Crippen LogP contribution in [0.4, 0.5) is 0 Å². The van der Waals surface area contributed by atoms with Gasteiger partial charge in [-0.3, -0.25) is 9.59 Å². The molecule has 1 aromatic rings. The van der Waals surface area contributed by atoms with Gasteiger partial charge in [-0.25, -0.2) is 4.79 Å². The molecule has 0 aliphatic rings. The van der Waals surface area contributed by atoms with Gasteiger partial charge in [0.1, 0.15) is 11.7 Å². The van der Waals surface area contributed by atoms with E-state index in [0.717, 1.165) is 0 Å². The summed E-state index contributed by atoms with van der Waals surface area (Å²) in [6, 6.07) is 3.09. The van der Waals surface area contributed by atoms with E-state index in [1.54, 1.807) is 20.8 Å². The van der Waals surface area contributed by atoms with Crippen LogP contribution in [-0.2, 0) is 4.79 Å². The lowest BCUT2D eigenvalue weighted by Gasteiger charge is -2.27. The molecule has 18 heavy (non-hydrogen) atoms. The second-order valence-electron chi connectivity index (χ2n) is 5.04. The molecule has 0 radical (unpaired) electrons. The molecular formula is C12H16N2O4. The largest absolute Gasteiger partial charge is 0.480 e. The monoisotopic (exact) mass is 252 g/mol. The molecule has 98 valence electrons. The molecule has 0 aromatic carbocycles. The highest BCUT2D eigenvalue weighted by atomic mass is 16.4. The van der Waals surface area contributed by atoms with Gasteiger partial charge in [0.05, 0.1) is 0 Å². The fourth-order valence-electron chi connectivity index (χ4n) is 1.44. The van der Waals surface area contributed by atoms with Crippen molar-refractivity contribution in [2.24, 2.45) is 5.41 Å². The number of carbonyl (C=O) groups excluding carboxylic acids is 1. The van der Waals surface area contributed by atoms with Crippen molar-refractivity contribution in [2.45, 2.75) is 26.8 Å². The number of H-pyrrole nitrogens is 1. The second-order valence-corrected chi connectivity index (χ2v) is 5.04. The van der Waals surface area contributed by atoms with E-state index < -0.39 is 28.9 Å². The predicted molar refractivity (Wildman–Crippen MR) is 65.4 cm³/mol. The van der Waals surface area contributed by atoms with Crippen LogP contribution in [0, 0.1) is 5.41 Å². The molecule has 0 aliphatic carbocycles. The highest BCUT2D eigenvalue weighted by molar-refractivity contribution is 5.95. The minimum Gasteiger partial charge on any atom is -0.480 e. The fourth-order valence-corrected chi connectivity index (χ4v) is 1.44. The Morgan fingerprint density at radius 3 is 2.39 bits per heavy atom. The highest BCUT2D eigenvalue weighted by Crippen LogP contribution is 2.19. The quantitative estimate of drug-likeness (QED) is 0.733. The molecule has 0 spiro atoms. The molecule has 1 rings (SSSR count). The maximum absolute atomic E-state index is 11.8. The molecular weight excluding hydrogens is 236 g/mol. The number of nitrogens with one attached hydrogen (secondary N) is 2. The van der Waals surface area contributed by atoms with Crippen molar-refractivity contribution >= 4 is 11.9 Å². The van der Waals surface area contributed by atoms with Gasteiger partial charge in [-0.15, -0.1) is 0 Å². The molecule has 6 nitrogen and oxygen atoms in total. The summed E-state index contributed by atoms with van der Waals surface area (Å²) in [5, 5.41) is 11.5. The van der Waals surface area contributed by atoms with Gasteiger partial charge in [-0.05, 0) is 11.5 Å². The Hall–Kier alpha value is -2.11. The van der Waals surface area contributed by atoms with Crippen LogP contribution < -0.4 is 10.9 Å². The Labute approximate surface area is 104 Å². The normalized spacial score (nSPS) is 12.8. The molecule has 1 aromatic heterocycles. The average Bonchev–Trinajstić information content (AvgIpc) is 2.23. The summed E-state index contributed by atoms with van der Waals surface area (Å²) < 4.78 is 0. The third-order valence-electron chi connectivity index (χ3n) is 2.40. The van der Waals surface area contributed by atoms with Crippen LogP contribution >= 0.6 is 0 Å². The smallest absolute Gasteiger partial charge is 0.326 e. The van der Waals surface area contributed by atoms with Gasteiger partial charge in [0.2, 0.25) is 5.56 Å². The number of carboxylic acids is 1. The highest BCUT2D eigenvalue weighted by Gasteiger charge is 2.32. The van der Waals surface area contributed by atoms with E-state index in [1.807, 2.05) is 0 Å². The number of hydrogen-bond donors (Lipinski definition) is 3. The molecule has 0 saturated carbocycles. The molecule has 0 aliphatic heterocycles. The van der Waals surface area contributed by atoms with Crippen molar-refractivity contribution in [3.63, 3.8) is 0 Å². The third-order valence-corrected chi connectivity index (χ3v) is 2.40. The van der Waals surface area contributed by atoms with Gasteiger partial charge in [0.15, 0.2) is 0 Å². The first-order valence-corrected chi connectivity index (χ1v) is 5.45. The third kappa shape index (κ3) is 3.44. The topological polar surface area (TPSA) is 99.3 Å². The van der Waals surface area contributed by atoms with Gasteiger partial charge in [0, 0.05) is 6.07 Å². The van der Waals surface area contributed by atoms with E-state index in [4.69, 9.17) is 5.11 Å². The zero-order chi connectivity index (χ0) is 13.9. The average molecular weight is 252 g/mol. The summed E-state index contributed by atoms with van der Waals surface area (Å²) in [6.07, 6.45) is 0. The zero-order valence-electron chi connectivity index (χ0n) is 10.5. The first kappa shape index (κ1) is 14.0. The van der Waals surface area contributed by atoms with E-state index in [1.165, 1.54) is 18.2 Å². The van der Waals surface area contributed by atoms with Crippen molar-refractivity contribution in [2.75, 3.05) is 0 Å². The van der Waals surface area contributed by atoms with E-state index in [0.29, 0.717) is 0 Å². The maximum atomic E-state index is 11.8. The van der Waals surface area contributed by atoms with Gasteiger partial charge < -0.3 is 15.4 Å². The van der Waals surface area contributed by atoms with Gasteiger partial charge in [-0.2, -0.15) is 0 Å². The number of hydrogen-bond acceptors (Lipinski definition) is 3. The number of aromatic amines is 1. The molecule has 3 N–H and O–H groups in total. The van der Waals surface area contributed by atoms with Crippen molar-refractivity contribution in [1.82, 2.24) is 10.3 Å². The first-order valence-electron chi connectivity index (χ1n) is 5.45. The number of aromatic nitrogens is 1. The van der Waals surface area contributed by atoms with E-state index in [-0.39, 0.29) is 5.69 Å². The van der Waals surface area contributed by atoms with E-state index >= 15 is 0 Å². The lowest BCUT2D eigenvalue weighted by atomic mass is 9.86. The number of pyridine rings is 1. The van der Waals surface area contributed by atoms with Crippen LogP contribution in [0.15, 0.2) is 23.0 Å². The first-order chi connectivity index (χ1) is 8.21. The number of rotatable bonds is 3. The molecule has 0 unspecified atom stereocenters. The van der Waals surface area contributed by atoms with Gasteiger partial charge in [-0.1, -0.05) is 26.8 Å². The zero-order valence-corrected chi connectivity index (χ0v) is 10.5. The molecule has 0 saturated heterocycles. The minimum atomic E-state index is -1.12. The number of amides is 1. The molecule has 1 amide bonds. The molecule has 0 fully saturated rings. The van der Waals surface area contributed by atoms with Crippen molar-refractivity contribution in [3.05, 3.63) is 34.2 Å². The van der Waals surface area contributed by atoms with Crippen LogP contribution in [0.25, 0.3) is 0 Å². The van der Waals surface area contributed by atoms with Crippen molar-refractivity contribution < 1.29 is 14.7 Å². The summed E-state index contributed by atoms with van der Waals surface area (Å²) in [6.45, 7) is 5.12. The summed E-state index contributed by atoms with van der Waals surface area (Å²) in [5.74, 6) is -1.73. The lowest BCUT2D eigenvalue weighted by molar-refractivity contribution is -0.142. The summed E-state index contributed by atoms with van der Waals surface area (Å²) in [4.78, 5) is 36.3. The van der Waals surface area contributed by atoms with Gasteiger partial charge in [0.25, 0.3) is 5.91 Å². The SMILES string of the molecule is CC(C)(C)[C@H](NC(=O)c1cccc(=O)[nH]1)C(=O)O. The Balaban J connectivity index is 2.93. The van der Waals surface area contributed by atoms with E-state index in [9.17, 15) is 14.4 Å². The van der Waals surface area contributed by atoms with Crippen LogP contribution in [0.2, 0.25) is 0 Å². The van der Waals surface area contributed by atoms with Crippen LogP contribution in [0.1, 0.15) is 31.3 Å². The summed E-state index contributed by atoms with van der Waals surface area (Å²) in [5.41, 5.74) is -1.00. The maximum Gasteiger partial charge on any atom is 0.326 e. The van der Waals surface area contributed by atoms with Crippen LogP contribution in [-0.4, -0.2) is 28.0 Å². The lowest BCUT2D eigenvalue weighted by Crippen LogP contribution is -2.49. The van der Waals surface area contributed by atoms with Crippen molar-refractivity contribution in [3.8, 4) is 0 Å². The number of aliphatic carboxylic acids is 1. The molecule has 0 bridgehead atoms. The standard InChI is InChI=1S/C12H16N2O4/c1-12(2,3)9(11(17)18)14-10(16)7-5-4-6-8(15)13-7/h4-6,9H,1-3H3,(H,13,15)(H,14,16)(H,17,18)/t9-/m1/s1. The van der Waals surface area contributed by atoms with Gasteiger partial charge >= 0.3 is 5.97 Å². The Morgan fingerprint density at radius 2 is 1.94 bits per heavy atom. The van der Waals surface area contributed by atoms with E-state index in [2.05, 4.69) is 10.3 Å². The molecule has 6 heteroatoms. The Bertz CT molecular complexity index is 513. The Kier molecular flexibility index (Phi) is 3.90. The molecule has 1 atom stereocenters. The van der Waals surface area contributed by atoms with Crippen LogP contribution in [0.5, 0.6) is 0 Å². The Morgan fingerprint density at radius 1 is 1.33 bits per heavy atom. The summed E-state index contributed by atoms with van der Waals surface area (Å²) in [7, 11) is 0. The van der Waals surface area contributed by atoms with Crippen LogP contribution in [0.3, 0.4) is 0 Å². The minimum absolute atomic E-state index is 0.0398. The number of carbonyl (C=O) groups is 2. The summed E-state index contributed by atoms with van der Waals surface area (Å²) >= 11 is 0.